The van der Waals surface area contributed by atoms with Gasteiger partial charge >= 0.3 is 12.0 Å². The van der Waals surface area contributed by atoms with Crippen LogP contribution in [-0.4, -0.2) is 33.8 Å². The number of nitrogens with two attached hydrogens (primary N) is 1. The molecule has 0 fully saturated rings. The zero-order valence-electron chi connectivity index (χ0n) is 21.7. The third-order valence-electron chi connectivity index (χ3n) is 6.44. The Morgan fingerprint density at radius 3 is 1.92 bits per heavy atom. The highest BCUT2D eigenvalue weighted by Gasteiger charge is 2.50. The average Bonchev–Trinajstić information content (AvgIpc) is 2.93. The van der Waals surface area contributed by atoms with Crippen molar-refractivity contribution in [2.75, 3.05) is 6.61 Å². The average molecular weight is 512 g/mol. The van der Waals surface area contributed by atoms with Gasteiger partial charge in [-0.15, -0.1) is 0 Å². The molecule has 196 valence electrons. The van der Waals surface area contributed by atoms with Crippen molar-refractivity contribution in [2.24, 2.45) is 5.73 Å². The van der Waals surface area contributed by atoms with Crippen molar-refractivity contribution in [3.63, 3.8) is 0 Å². The number of aromatic nitrogens is 2. The normalized spacial score (nSPS) is 12.2. The molecular formula is C31H33N3O4. The third-order valence-corrected chi connectivity index (χ3v) is 6.44. The second kappa shape index (κ2) is 12.4. The Bertz CT molecular complexity index is 1290. The first-order chi connectivity index (χ1) is 18.4. The zero-order valence-corrected chi connectivity index (χ0v) is 21.7. The van der Waals surface area contributed by atoms with Gasteiger partial charge in [0.25, 0.3) is 0 Å². The number of carboxylic acids is 1. The SMILES string of the molecule is Cc1cc(C)nc(OC(C(=O)O)C(OCCCc2ccccc2CN)(c2ccccc2)c2ccccc2)n1. The van der Waals surface area contributed by atoms with E-state index in [0.29, 0.717) is 35.5 Å². The lowest BCUT2D eigenvalue weighted by Gasteiger charge is -2.39. The van der Waals surface area contributed by atoms with Crippen LogP contribution in [0.15, 0.2) is 91.0 Å². The Morgan fingerprint density at radius 1 is 0.868 bits per heavy atom. The van der Waals surface area contributed by atoms with Crippen molar-refractivity contribution in [3.05, 3.63) is 125 Å². The zero-order chi connectivity index (χ0) is 27.0. The third kappa shape index (κ3) is 6.07. The van der Waals surface area contributed by atoms with E-state index in [1.807, 2.05) is 92.7 Å². The van der Waals surface area contributed by atoms with E-state index in [-0.39, 0.29) is 12.6 Å². The largest absolute Gasteiger partial charge is 0.478 e. The number of aliphatic carboxylic acids is 1. The van der Waals surface area contributed by atoms with E-state index in [0.717, 1.165) is 17.5 Å². The van der Waals surface area contributed by atoms with Gasteiger partial charge in [-0.3, -0.25) is 0 Å². The Balaban J connectivity index is 1.75. The maximum atomic E-state index is 12.9. The topological polar surface area (TPSA) is 108 Å². The minimum absolute atomic E-state index is 0.00777. The molecule has 0 amide bonds. The van der Waals surface area contributed by atoms with Crippen LogP contribution in [0.4, 0.5) is 0 Å². The molecule has 0 radical (unpaired) electrons. The summed E-state index contributed by atoms with van der Waals surface area (Å²) in [6, 6.07) is 28.5. The molecule has 1 atom stereocenters. The molecule has 0 aliphatic heterocycles. The molecule has 38 heavy (non-hydrogen) atoms. The number of nitrogens with zero attached hydrogens (tertiary/aromatic N) is 2. The summed E-state index contributed by atoms with van der Waals surface area (Å²) in [5, 5.41) is 10.6. The number of hydrogen-bond acceptors (Lipinski definition) is 6. The van der Waals surface area contributed by atoms with E-state index in [1.54, 1.807) is 6.07 Å². The molecule has 0 saturated carbocycles. The highest BCUT2D eigenvalue weighted by molar-refractivity contribution is 5.76. The fourth-order valence-corrected chi connectivity index (χ4v) is 4.74. The van der Waals surface area contributed by atoms with Crippen molar-refractivity contribution in [1.29, 1.82) is 0 Å². The molecule has 1 unspecified atom stereocenters. The van der Waals surface area contributed by atoms with Gasteiger partial charge in [-0.05, 0) is 55.0 Å². The van der Waals surface area contributed by atoms with Crippen LogP contribution in [0.2, 0.25) is 0 Å². The summed E-state index contributed by atoms with van der Waals surface area (Å²) < 4.78 is 12.8. The van der Waals surface area contributed by atoms with Gasteiger partial charge in [0.1, 0.15) is 0 Å². The minimum Gasteiger partial charge on any atom is -0.478 e. The second-order valence-electron chi connectivity index (χ2n) is 9.16. The van der Waals surface area contributed by atoms with E-state index < -0.39 is 17.7 Å². The van der Waals surface area contributed by atoms with Gasteiger partial charge in [-0.1, -0.05) is 84.9 Å². The monoisotopic (exact) mass is 511 g/mol. The molecule has 1 heterocycles. The fraction of sp³-hybridized carbons (Fsp3) is 0.258. The lowest BCUT2D eigenvalue weighted by atomic mass is 9.81. The molecular weight excluding hydrogens is 478 g/mol. The summed E-state index contributed by atoms with van der Waals surface area (Å²) in [5.74, 6) is -1.19. The maximum Gasteiger partial charge on any atom is 0.348 e. The lowest BCUT2D eigenvalue weighted by molar-refractivity contribution is -0.164. The summed E-state index contributed by atoms with van der Waals surface area (Å²) in [7, 11) is 0. The van der Waals surface area contributed by atoms with Crippen molar-refractivity contribution in [3.8, 4) is 6.01 Å². The van der Waals surface area contributed by atoms with Crippen LogP contribution in [0.3, 0.4) is 0 Å². The number of rotatable bonds is 12. The molecule has 7 nitrogen and oxygen atoms in total. The Morgan fingerprint density at radius 2 is 1.39 bits per heavy atom. The predicted molar refractivity (Wildman–Crippen MR) is 146 cm³/mol. The summed E-state index contributed by atoms with van der Waals surface area (Å²) in [5.41, 5.74) is 9.37. The van der Waals surface area contributed by atoms with E-state index in [1.165, 1.54) is 0 Å². The van der Waals surface area contributed by atoms with E-state index in [9.17, 15) is 9.90 Å². The number of ether oxygens (including phenoxy) is 2. The number of benzene rings is 3. The molecule has 0 aliphatic rings. The molecule has 0 saturated heterocycles. The van der Waals surface area contributed by atoms with Crippen LogP contribution in [0.1, 0.15) is 40.1 Å². The highest BCUT2D eigenvalue weighted by atomic mass is 16.6. The Kier molecular flexibility index (Phi) is 8.84. The second-order valence-corrected chi connectivity index (χ2v) is 9.16. The molecule has 0 aliphatic carbocycles. The number of carboxylic acid groups (broad SMARTS) is 1. The Hall–Kier alpha value is -4.07. The molecule has 3 N–H and O–H groups in total. The summed E-state index contributed by atoms with van der Waals surface area (Å²) in [6.45, 7) is 4.37. The molecule has 7 heteroatoms. The number of carbonyl (C=O) groups is 1. The molecule has 4 rings (SSSR count). The first-order valence-electron chi connectivity index (χ1n) is 12.7. The first-order valence-corrected chi connectivity index (χ1v) is 12.7. The fourth-order valence-electron chi connectivity index (χ4n) is 4.74. The van der Waals surface area contributed by atoms with E-state index >= 15 is 0 Å². The number of aryl methyl sites for hydroxylation is 3. The van der Waals surface area contributed by atoms with Crippen LogP contribution in [0.5, 0.6) is 6.01 Å². The standard InChI is InChI=1S/C31H33N3O4/c1-22-20-23(2)34-30(33-22)38-28(29(35)36)31(26-15-5-3-6-16-26,27-17-7-4-8-18-27)37-19-11-14-24-12-9-10-13-25(24)21-32/h3-10,12-13,15-18,20,28H,11,14,19,21,32H2,1-2H3,(H,35,36). The summed E-state index contributed by atoms with van der Waals surface area (Å²) >= 11 is 0. The van der Waals surface area contributed by atoms with Gasteiger partial charge < -0.3 is 20.3 Å². The van der Waals surface area contributed by atoms with Gasteiger partial charge in [0, 0.05) is 24.5 Å². The molecule has 3 aromatic carbocycles. The van der Waals surface area contributed by atoms with Crippen LogP contribution in [0.25, 0.3) is 0 Å². The van der Waals surface area contributed by atoms with Gasteiger partial charge in [0.2, 0.25) is 6.10 Å². The first kappa shape index (κ1) is 27.0. The molecule has 0 bridgehead atoms. The smallest absolute Gasteiger partial charge is 0.348 e. The highest BCUT2D eigenvalue weighted by Crippen LogP contribution is 2.39. The van der Waals surface area contributed by atoms with Gasteiger partial charge in [-0.25, -0.2) is 14.8 Å². The van der Waals surface area contributed by atoms with Gasteiger partial charge in [0.15, 0.2) is 5.60 Å². The van der Waals surface area contributed by atoms with Crippen LogP contribution >= 0.6 is 0 Å². The van der Waals surface area contributed by atoms with E-state index in [2.05, 4.69) is 16.0 Å². The maximum absolute atomic E-state index is 12.9. The molecule has 4 aromatic rings. The Labute approximate surface area is 223 Å². The minimum atomic E-state index is -1.47. The molecule has 0 spiro atoms. The summed E-state index contributed by atoms with van der Waals surface area (Å²) in [4.78, 5) is 21.6. The quantitative estimate of drug-likeness (QED) is 0.258. The lowest BCUT2D eigenvalue weighted by Crippen LogP contribution is -2.51. The van der Waals surface area contributed by atoms with Crippen LogP contribution < -0.4 is 10.5 Å². The van der Waals surface area contributed by atoms with Crippen molar-refractivity contribution in [2.45, 2.75) is 44.9 Å². The summed E-state index contributed by atoms with van der Waals surface area (Å²) in [6.07, 6.45) is -0.0683. The van der Waals surface area contributed by atoms with Gasteiger partial charge in [-0.2, -0.15) is 0 Å². The van der Waals surface area contributed by atoms with Crippen molar-refractivity contribution < 1.29 is 19.4 Å². The molecule has 1 aromatic heterocycles. The van der Waals surface area contributed by atoms with Crippen molar-refractivity contribution >= 4 is 5.97 Å². The predicted octanol–water partition coefficient (Wildman–Crippen LogP) is 4.98. The van der Waals surface area contributed by atoms with Crippen molar-refractivity contribution in [1.82, 2.24) is 9.97 Å². The van der Waals surface area contributed by atoms with Crippen LogP contribution in [0, 0.1) is 13.8 Å². The van der Waals surface area contributed by atoms with E-state index in [4.69, 9.17) is 15.2 Å². The van der Waals surface area contributed by atoms with Gasteiger partial charge in [0.05, 0.1) is 0 Å². The number of hydrogen-bond donors (Lipinski definition) is 2. The van der Waals surface area contributed by atoms with Crippen LogP contribution in [-0.2, 0) is 28.1 Å².